The summed E-state index contributed by atoms with van der Waals surface area (Å²) in [7, 11) is -2.40. The fourth-order valence-corrected chi connectivity index (χ4v) is 3.82. The Labute approximate surface area is 134 Å². The second-order valence-corrected chi connectivity index (χ2v) is 6.76. The van der Waals surface area contributed by atoms with Crippen molar-refractivity contribution in [2.45, 2.75) is 18.7 Å². The molecular formula is C16H17F2NO3S. The fraction of sp³-hybridized carbons (Fsp3) is 0.250. The van der Waals surface area contributed by atoms with Crippen molar-refractivity contribution >= 4 is 15.7 Å². The summed E-state index contributed by atoms with van der Waals surface area (Å²) in [4.78, 5) is 0.0578. The summed E-state index contributed by atoms with van der Waals surface area (Å²) in [6.07, 6.45) is 0. The van der Waals surface area contributed by atoms with Crippen LogP contribution in [0.1, 0.15) is 12.5 Å². The van der Waals surface area contributed by atoms with Crippen molar-refractivity contribution < 1.29 is 21.9 Å². The van der Waals surface area contributed by atoms with Crippen molar-refractivity contribution in [2.24, 2.45) is 0 Å². The van der Waals surface area contributed by atoms with Gasteiger partial charge in [-0.1, -0.05) is 0 Å². The van der Waals surface area contributed by atoms with Crippen LogP contribution in [0.5, 0.6) is 5.75 Å². The van der Waals surface area contributed by atoms with E-state index in [0.29, 0.717) is 11.3 Å². The first-order chi connectivity index (χ1) is 10.8. The molecule has 2 aromatic rings. The highest BCUT2D eigenvalue weighted by Crippen LogP contribution is 2.28. The SMILES string of the molecule is CCN(c1ccc(F)c(F)c1)S(=O)(=O)c1ccc(OC)c(C)c1. The Balaban J connectivity index is 2.50. The van der Waals surface area contributed by atoms with Gasteiger partial charge in [-0.05, 0) is 49.7 Å². The number of benzene rings is 2. The smallest absolute Gasteiger partial charge is 0.264 e. The second kappa shape index (κ2) is 6.54. The van der Waals surface area contributed by atoms with Gasteiger partial charge < -0.3 is 4.74 Å². The molecule has 0 fully saturated rings. The van der Waals surface area contributed by atoms with Gasteiger partial charge in [0.2, 0.25) is 0 Å². The van der Waals surface area contributed by atoms with E-state index in [-0.39, 0.29) is 17.1 Å². The van der Waals surface area contributed by atoms with E-state index in [2.05, 4.69) is 0 Å². The maximum absolute atomic E-state index is 13.4. The van der Waals surface area contributed by atoms with Crippen LogP contribution in [0.25, 0.3) is 0 Å². The number of rotatable bonds is 5. The van der Waals surface area contributed by atoms with Crippen LogP contribution in [-0.4, -0.2) is 22.1 Å². The molecule has 23 heavy (non-hydrogen) atoms. The predicted octanol–water partition coefficient (Wildman–Crippen LogP) is 3.50. The lowest BCUT2D eigenvalue weighted by Crippen LogP contribution is -2.31. The minimum absolute atomic E-state index is 0.0578. The van der Waals surface area contributed by atoms with Gasteiger partial charge in [0.25, 0.3) is 10.0 Å². The number of anilines is 1. The molecule has 0 saturated carbocycles. The van der Waals surface area contributed by atoms with Crippen LogP contribution >= 0.6 is 0 Å². The molecule has 0 aliphatic carbocycles. The lowest BCUT2D eigenvalue weighted by atomic mass is 10.2. The maximum atomic E-state index is 13.4. The van der Waals surface area contributed by atoms with E-state index in [1.807, 2.05) is 0 Å². The molecule has 2 rings (SSSR count). The second-order valence-electron chi connectivity index (χ2n) is 4.90. The Morgan fingerprint density at radius 3 is 2.30 bits per heavy atom. The number of halogens is 2. The first-order valence-corrected chi connectivity index (χ1v) is 8.37. The van der Waals surface area contributed by atoms with Crippen LogP contribution in [0.4, 0.5) is 14.5 Å². The number of hydrogen-bond donors (Lipinski definition) is 0. The zero-order valence-electron chi connectivity index (χ0n) is 13.0. The molecule has 0 bridgehead atoms. The Morgan fingerprint density at radius 2 is 1.78 bits per heavy atom. The third-order valence-corrected chi connectivity index (χ3v) is 5.33. The monoisotopic (exact) mass is 341 g/mol. The van der Waals surface area contributed by atoms with Gasteiger partial charge >= 0.3 is 0 Å². The first-order valence-electron chi connectivity index (χ1n) is 6.93. The number of hydrogen-bond acceptors (Lipinski definition) is 3. The molecule has 0 radical (unpaired) electrons. The van der Waals surface area contributed by atoms with E-state index in [0.717, 1.165) is 16.4 Å². The zero-order valence-corrected chi connectivity index (χ0v) is 13.8. The minimum Gasteiger partial charge on any atom is -0.496 e. The number of aryl methyl sites for hydroxylation is 1. The average Bonchev–Trinajstić information content (AvgIpc) is 2.51. The van der Waals surface area contributed by atoms with Crippen LogP contribution in [0.15, 0.2) is 41.3 Å². The van der Waals surface area contributed by atoms with Gasteiger partial charge in [0.05, 0.1) is 17.7 Å². The van der Waals surface area contributed by atoms with Crippen molar-refractivity contribution in [3.63, 3.8) is 0 Å². The van der Waals surface area contributed by atoms with Crippen molar-refractivity contribution in [1.82, 2.24) is 0 Å². The van der Waals surface area contributed by atoms with Crippen LogP contribution in [0, 0.1) is 18.6 Å². The molecule has 0 saturated heterocycles. The molecule has 0 aliphatic heterocycles. The summed E-state index contributed by atoms with van der Waals surface area (Å²) in [5, 5.41) is 0. The van der Waals surface area contributed by atoms with Crippen molar-refractivity contribution in [2.75, 3.05) is 18.0 Å². The third kappa shape index (κ3) is 3.29. The van der Waals surface area contributed by atoms with Crippen LogP contribution in [0.3, 0.4) is 0 Å². The fourth-order valence-electron chi connectivity index (χ4n) is 2.27. The highest BCUT2D eigenvalue weighted by Gasteiger charge is 2.25. The molecule has 0 amide bonds. The van der Waals surface area contributed by atoms with Crippen molar-refractivity contribution in [3.05, 3.63) is 53.6 Å². The molecule has 0 N–H and O–H groups in total. The molecule has 0 aromatic heterocycles. The summed E-state index contributed by atoms with van der Waals surface area (Å²) in [5.41, 5.74) is 0.731. The topological polar surface area (TPSA) is 46.6 Å². The Bertz CT molecular complexity index is 822. The van der Waals surface area contributed by atoms with Gasteiger partial charge in [-0.2, -0.15) is 0 Å². The third-order valence-electron chi connectivity index (χ3n) is 3.43. The highest BCUT2D eigenvalue weighted by atomic mass is 32.2. The normalized spacial score (nSPS) is 11.3. The highest BCUT2D eigenvalue weighted by molar-refractivity contribution is 7.92. The maximum Gasteiger partial charge on any atom is 0.264 e. The molecule has 0 heterocycles. The standard InChI is InChI=1S/C16H17F2NO3S/c1-4-19(12-5-7-14(17)15(18)10-12)23(20,21)13-6-8-16(22-3)11(2)9-13/h5-10H,4H2,1-3H3. The van der Waals surface area contributed by atoms with E-state index in [9.17, 15) is 17.2 Å². The number of nitrogens with zero attached hydrogens (tertiary/aromatic N) is 1. The zero-order chi connectivity index (χ0) is 17.2. The van der Waals surface area contributed by atoms with Crippen molar-refractivity contribution in [1.29, 1.82) is 0 Å². The van der Waals surface area contributed by atoms with Crippen LogP contribution in [-0.2, 0) is 10.0 Å². The number of methoxy groups -OCH3 is 1. The molecule has 0 aliphatic rings. The quantitative estimate of drug-likeness (QED) is 0.836. The van der Waals surface area contributed by atoms with Gasteiger partial charge in [-0.3, -0.25) is 4.31 Å². The number of ether oxygens (including phenoxy) is 1. The summed E-state index contributed by atoms with van der Waals surface area (Å²) < 4.78 is 58.2. The van der Waals surface area contributed by atoms with Crippen molar-refractivity contribution in [3.8, 4) is 5.75 Å². The van der Waals surface area contributed by atoms with Gasteiger partial charge in [-0.25, -0.2) is 17.2 Å². The lowest BCUT2D eigenvalue weighted by molar-refractivity contribution is 0.411. The van der Waals surface area contributed by atoms with Gasteiger partial charge in [0.1, 0.15) is 5.75 Å². The average molecular weight is 341 g/mol. The van der Waals surface area contributed by atoms with E-state index in [1.165, 1.54) is 25.3 Å². The molecule has 0 spiro atoms. The summed E-state index contributed by atoms with van der Waals surface area (Å²) in [5.74, 6) is -1.55. The predicted molar refractivity (Wildman–Crippen MR) is 84.3 cm³/mol. The molecule has 4 nitrogen and oxygen atoms in total. The number of sulfonamides is 1. The first kappa shape index (κ1) is 17.2. The summed E-state index contributed by atoms with van der Waals surface area (Å²) in [6, 6.07) is 7.46. The Morgan fingerprint density at radius 1 is 1.09 bits per heavy atom. The summed E-state index contributed by atoms with van der Waals surface area (Å²) >= 11 is 0. The molecule has 0 unspecified atom stereocenters. The molecule has 7 heteroatoms. The van der Waals surface area contributed by atoms with E-state index < -0.39 is 21.7 Å². The molecular weight excluding hydrogens is 324 g/mol. The van der Waals surface area contributed by atoms with Gasteiger partial charge in [0, 0.05) is 12.6 Å². The molecule has 2 aromatic carbocycles. The van der Waals surface area contributed by atoms with E-state index in [4.69, 9.17) is 4.74 Å². The Hall–Kier alpha value is -2.15. The van der Waals surface area contributed by atoms with Crippen LogP contribution in [0.2, 0.25) is 0 Å². The van der Waals surface area contributed by atoms with Crippen LogP contribution < -0.4 is 9.04 Å². The Kier molecular flexibility index (Phi) is 4.89. The van der Waals surface area contributed by atoms with E-state index >= 15 is 0 Å². The van der Waals surface area contributed by atoms with Gasteiger partial charge in [-0.15, -0.1) is 0 Å². The molecule has 0 atom stereocenters. The van der Waals surface area contributed by atoms with E-state index in [1.54, 1.807) is 19.9 Å². The summed E-state index contributed by atoms with van der Waals surface area (Å²) in [6.45, 7) is 3.43. The van der Waals surface area contributed by atoms with Gasteiger partial charge in [0.15, 0.2) is 11.6 Å². The molecule has 124 valence electrons. The largest absolute Gasteiger partial charge is 0.496 e. The minimum atomic E-state index is -3.89. The lowest BCUT2D eigenvalue weighted by Gasteiger charge is -2.23.